The van der Waals surface area contributed by atoms with Crippen LogP contribution in [0.3, 0.4) is 0 Å². The summed E-state index contributed by atoms with van der Waals surface area (Å²) in [6.45, 7) is 4.53. The molecule has 0 aromatic heterocycles. The van der Waals surface area contributed by atoms with Gasteiger partial charge >= 0.3 is 11.9 Å². The van der Waals surface area contributed by atoms with Gasteiger partial charge in [0.25, 0.3) is 5.92 Å². The number of methoxy groups -OCH3 is 1. The van der Waals surface area contributed by atoms with Crippen LogP contribution in [-0.2, 0) is 14.3 Å². The predicted octanol–water partition coefficient (Wildman–Crippen LogP) is 2.56. The van der Waals surface area contributed by atoms with E-state index in [4.69, 9.17) is 9.47 Å². The number of hydrogen-bond acceptors (Lipinski definition) is 6. The fraction of sp³-hybridized carbons (Fsp3) is 0.556. The maximum absolute atomic E-state index is 13.6. The van der Waals surface area contributed by atoms with Crippen molar-refractivity contribution in [2.24, 2.45) is 0 Å². The Hall–Kier alpha value is -2.22. The van der Waals surface area contributed by atoms with E-state index in [1.165, 1.54) is 31.4 Å². The van der Waals surface area contributed by atoms with E-state index < -0.39 is 48.6 Å². The van der Waals surface area contributed by atoms with E-state index in [-0.39, 0.29) is 5.75 Å². The summed E-state index contributed by atoms with van der Waals surface area (Å²) in [7, 11) is 1.26. The molecule has 0 amide bonds. The molecule has 0 aliphatic carbocycles. The molecule has 1 aromatic carbocycles. The zero-order chi connectivity index (χ0) is 19.5. The lowest BCUT2D eigenvalue weighted by Gasteiger charge is -2.27. The summed E-state index contributed by atoms with van der Waals surface area (Å²) in [5.74, 6) is -3.91. The van der Waals surface area contributed by atoms with Crippen LogP contribution < -0.4 is 10.1 Å². The molecule has 1 aliphatic rings. The second-order valence-corrected chi connectivity index (χ2v) is 7.14. The van der Waals surface area contributed by atoms with Crippen molar-refractivity contribution in [1.82, 2.24) is 5.32 Å². The fourth-order valence-corrected chi connectivity index (χ4v) is 2.55. The number of benzene rings is 1. The van der Waals surface area contributed by atoms with E-state index in [1.54, 1.807) is 20.8 Å². The molecule has 1 fully saturated rings. The molecule has 1 N–H and O–H groups in total. The number of alkyl halides is 2. The van der Waals surface area contributed by atoms with Crippen molar-refractivity contribution in [3.8, 4) is 5.75 Å². The summed E-state index contributed by atoms with van der Waals surface area (Å²) in [5.41, 5.74) is -0.478. The molecule has 0 spiro atoms. The highest BCUT2D eigenvalue weighted by atomic mass is 19.3. The van der Waals surface area contributed by atoms with Gasteiger partial charge in [0.15, 0.2) is 0 Å². The average molecular weight is 371 g/mol. The molecule has 0 radical (unpaired) electrons. The first-order valence-corrected chi connectivity index (χ1v) is 8.20. The Bertz CT molecular complexity index is 655. The van der Waals surface area contributed by atoms with Crippen LogP contribution in [0.25, 0.3) is 0 Å². The van der Waals surface area contributed by atoms with Gasteiger partial charge in [0.2, 0.25) is 6.10 Å². The van der Waals surface area contributed by atoms with Gasteiger partial charge in [0.05, 0.1) is 25.3 Å². The quantitative estimate of drug-likeness (QED) is 0.802. The summed E-state index contributed by atoms with van der Waals surface area (Å²) < 4.78 is 42.7. The largest absolute Gasteiger partial charge is 0.477 e. The standard InChI is InChI=1S/C18H23F2NO5/c1-17(2,3)26-16(23)14(13-9-18(19,20)10-21-13)25-12-7-5-11(6-8-12)15(22)24-4/h5-8,13-14,21H,9-10H2,1-4H3. The molecule has 2 unspecified atom stereocenters. The second-order valence-electron chi connectivity index (χ2n) is 7.14. The minimum Gasteiger partial charge on any atom is -0.477 e. The van der Waals surface area contributed by atoms with Gasteiger partial charge in [-0.15, -0.1) is 0 Å². The van der Waals surface area contributed by atoms with Gasteiger partial charge in [0, 0.05) is 6.42 Å². The van der Waals surface area contributed by atoms with Gasteiger partial charge in [-0.1, -0.05) is 0 Å². The van der Waals surface area contributed by atoms with Crippen molar-refractivity contribution in [1.29, 1.82) is 0 Å². The third-order valence-corrected chi connectivity index (χ3v) is 3.68. The van der Waals surface area contributed by atoms with Crippen molar-refractivity contribution in [2.45, 2.75) is 50.9 Å². The maximum Gasteiger partial charge on any atom is 0.349 e. The van der Waals surface area contributed by atoms with Crippen molar-refractivity contribution >= 4 is 11.9 Å². The highest BCUT2D eigenvalue weighted by molar-refractivity contribution is 5.89. The number of carbonyl (C=O) groups excluding carboxylic acids is 2. The van der Waals surface area contributed by atoms with Crippen LogP contribution in [0.1, 0.15) is 37.6 Å². The van der Waals surface area contributed by atoms with Crippen LogP contribution in [0.5, 0.6) is 5.75 Å². The number of nitrogens with one attached hydrogen (secondary N) is 1. The Morgan fingerprint density at radius 3 is 2.31 bits per heavy atom. The van der Waals surface area contributed by atoms with E-state index in [0.29, 0.717) is 5.56 Å². The fourth-order valence-electron chi connectivity index (χ4n) is 2.55. The molecule has 144 valence electrons. The minimum atomic E-state index is -2.91. The lowest BCUT2D eigenvalue weighted by molar-refractivity contribution is -0.164. The Morgan fingerprint density at radius 2 is 1.85 bits per heavy atom. The normalized spacial score (nSPS) is 20.3. The molecule has 2 rings (SSSR count). The van der Waals surface area contributed by atoms with E-state index in [9.17, 15) is 18.4 Å². The van der Waals surface area contributed by atoms with Gasteiger partial charge in [0.1, 0.15) is 11.4 Å². The van der Waals surface area contributed by atoms with Crippen molar-refractivity contribution in [3.63, 3.8) is 0 Å². The molecule has 0 saturated carbocycles. The van der Waals surface area contributed by atoms with Crippen LogP contribution in [-0.4, -0.2) is 49.3 Å². The van der Waals surface area contributed by atoms with Crippen molar-refractivity contribution in [2.75, 3.05) is 13.7 Å². The van der Waals surface area contributed by atoms with Gasteiger partial charge < -0.3 is 19.5 Å². The molecular formula is C18H23F2NO5. The summed E-state index contributed by atoms with van der Waals surface area (Å²) in [4.78, 5) is 23.9. The molecule has 2 atom stereocenters. The van der Waals surface area contributed by atoms with E-state index in [0.717, 1.165) is 0 Å². The Morgan fingerprint density at radius 1 is 1.23 bits per heavy atom. The summed E-state index contributed by atoms with van der Waals surface area (Å²) in [6.07, 6.45) is -1.77. The highest BCUT2D eigenvalue weighted by Crippen LogP contribution is 2.29. The first-order valence-electron chi connectivity index (χ1n) is 8.20. The third kappa shape index (κ3) is 5.39. The second kappa shape index (κ2) is 7.57. The van der Waals surface area contributed by atoms with E-state index >= 15 is 0 Å². The monoisotopic (exact) mass is 371 g/mol. The molecule has 6 nitrogen and oxygen atoms in total. The number of halogens is 2. The van der Waals surface area contributed by atoms with Gasteiger partial charge in [-0.25, -0.2) is 18.4 Å². The van der Waals surface area contributed by atoms with Gasteiger partial charge in [-0.2, -0.15) is 0 Å². The Kier molecular flexibility index (Phi) is 5.85. The molecule has 0 bridgehead atoms. The lowest BCUT2D eigenvalue weighted by atomic mass is 10.1. The van der Waals surface area contributed by atoms with Crippen molar-refractivity contribution < 1.29 is 32.6 Å². The maximum atomic E-state index is 13.6. The smallest absolute Gasteiger partial charge is 0.349 e. The molecule has 1 heterocycles. The first-order chi connectivity index (χ1) is 12.0. The zero-order valence-corrected chi connectivity index (χ0v) is 15.2. The SMILES string of the molecule is COC(=O)c1ccc(OC(C(=O)OC(C)(C)C)C2CC(F)(F)CN2)cc1. The highest BCUT2D eigenvalue weighted by Gasteiger charge is 2.46. The topological polar surface area (TPSA) is 73.9 Å². The van der Waals surface area contributed by atoms with E-state index in [2.05, 4.69) is 10.1 Å². The predicted molar refractivity (Wildman–Crippen MR) is 89.4 cm³/mol. The number of rotatable bonds is 5. The summed E-state index contributed by atoms with van der Waals surface area (Å²) >= 11 is 0. The lowest BCUT2D eigenvalue weighted by Crippen LogP contribution is -2.47. The Labute approximate surface area is 150 Å². The number of carbonyl (C=O) groups is 2. The van der Waals surface area contributed by atoms with E-state index in [1.807, 2.05) is 0 Å². The van der Waals surface area contributed by atoms with Gasteiger partial charge in [-0.05, 0) is 45.0 Å². The molecular weight excluding hydrogens is 348 g/mol. The number of esters is 2. The molecule has 26 heavy (non-hydrogen) atoms. The summed E-state index contributed by atoms with van der Waals surface area (Å²) in [6, 6.07) is 4.97. The molecule has 1 saturated heterocycles. The van der Waals surface area contributed by atoms with Crippen LogP contribution in [0.4, 0.5) is 8.78 Å². The minimum absolute atomic E-state index is 0.255. The molecule has 1 aromatic rings. The Balaban J connectivity index is 2.18. The molecule has 8 heteroatoms. The van der Waals surface area contributed by atoms with Crippen LogP contribution in [0, 0.1) is 0 Å². The van der Waals surface area contributed by atoms with Crippen LogP contribution in [0.15, 0.2) is 24.3 Å². The van der Waals surface area contributed by atoms with Gasteiger partial charge in [-0.3, -0.25) is 0 Å². The number of ether oxygens (including phenoxy) is 3. The van der Waals surface area contributed by atoms with Crippen LogP contribution >= 0.6 is 0 Å². The number of hydrogen-bond donors (Lipinski definition) is 1. The third-order valence-electron chi connectivity index (χ3n) is 3.68. The summed E-state index contributed by atoms with van der Waals surface area (Å²) in [5, 5.41) is 2.62. The zero-order valence-electron chi connectivity index (χ0n) is 15.2. The average Bonchev–Trinajstić information content (AvgIpc) is 2.90. The molecule has 1 aliphatic heterocycles. The van der Waals surface area contributed by atoms with Crippen molar-refractivity contribution in [3.05, 3.63) is 29.8 Å². The first kappa shape index (κ1) is 20.1. The van der Waals surface area contributed by atoms with Crippen LogP contribution in [0.2, 0.25) is 0 Å².